The summed E-state index contributed by atoms with van der Waals surface area (Å²) in [6, 6.07) is 13.0. The number of hydrogen-bond acceptors (Lipinski definition) is 4. The van der Waals surface area contributed by atoms with Crippen molar-refractivity contribution in [2.24, 2.45) is 5.14 Å². The van der Waals surface area contributed by atoms with Crippen molar-refractivity contribution in [3.8, 4) is 0 Å². The van der Waals surface area contributed by atoms with Crippen molar-refractivity contribution in [1.82, 2.24) is 5.32 Å². The molecule has 3 rings (SSSR count). The highest BCUT2D eigenvalue weighted by Crippen LogP contribution is 2.21. The lowest BCUT2D eigenvalue weighted by Gasteiger charge is -2.11. The Morgan fingerprint density at radius 3 is 2.67 bits per heavy atom. The summed E-state index contributed by atoms with van der Waals surface area (Å²) in [5, 5.41) is 11.7. The molecular weight excluding hydrogens is 286 g/mol. The summed E-state index contributed by atoms with van der Waals surface area (Å²) >= 11 is 0. The summed E-state index contributed by atoms with van der Waals surface area (Å²) in [5.41, 5.74) is 4.26. The van der Waals surface area contributed by atoms with E-state index in [2.05, 4.69) is 28.8 Å². The van der Waals surface area contributed by atoms with Crippen molar-refractivity contribution in [2.75, 3.05) is 5.32 Å². The van der Waals surface area contributed by atoms with Crippen LogP contribution in [-0.2, 0) is 29.7 Å². The van der Waals surface area contributed by atoms with Crippen LogP contribution in [0.5, 0.6) is 0 Å². The van der Waals surface area contributed by atoms with E-state index in [1.165, 1.54) is 17.2 Å². The summed E-state index contributed by atoms with van der Waals surface area (Å²) in [5.74, 6) is 0. The number of primary sulfonamides is 1. The Kier molecular flexibility index (Phi) is 3.67. The lowest BCUT2D eigenvalue weighted by molar-refractivity contribution is 0.598. The van der Waals surface area contributed by atoms with Gasteiger partial charge in [-0.05, 0) is 28.8 Å². The van der Waals surface area contributed by atoms with E-state index in [1.54, 1.807) is 18.2 Å². The number of benzene rings is 2. The molecule has 0 radical (unpaired) electrons. The maximum atomic E-state index is 11.5. The molecule has 0 aromatic heterocycles. The van der Waals surface area contributed by atoms with Gasteiger partial charge >= 0.3 is 0 Å². The molecule has 0 saturated carbocycles. The predicted octanol–water partition coefficient (Wildman–Crippen LogP) is 1.55. The summed E-state index contributed by atoms with van der Waals surface area (Å²) in [6.45, 7) is 2.36. The summed E-state index contributed by atoms with van der Waals surface area (Å²) in [7, 11) is -3.72. The van der Waals surface area contributed by atoms with Crippen molar-refractivity contribution >= 4 is 15.7 Å². The molecule has 1 aliphatic rings. The van der Waals surface area contributed by atoms with Crippen LogP contribution in [-0.4, -0.2) is 8.42 Å². The van der Waals surface area contributed by atoms with Gasteiger partial charge in [0.25, 0.3) is 0 Å². The minimum absolute atomic E-state index is 0.118. The van der Waals surface area contributed by atoms with E-state index in [-0.39, 0.29) is 4.90 Å². The Morgan fingerprint density at radius 1 is 1.10 bits per heavy atom. The van der Waals surface area contributed by atoms with Crippen LogP contribution in [0, 0.1) is 0 Å². The number of para-hydroxylation sites is 1. The molecule has 0 bridgehead atoms. The van der Waals surface area contributed by atoms with Gasteiger partial charge in [0.2, 0.25) is 10.0 Å². The van der Waals surface area contributed by atoms with Crippen molar-refractivity contribution in [2.45, 2.75) is 24.5 Å². The highest BCUT2D eigenvalue weighted by atomic mass is 32.2. The third-order valence-electron chi connectivity index (χ3n) is 3.58. The van der Waals surface area contributed by atoms with Crippen molar-refractivity contribution in [3.05, 3.63) is 59.2 Å². The number of sulfonamides is 1. The lowest BCUT2D eigenvalue weighted by Crippen LogP contribution is -2.15. The lowest BCUT2D eigenvalue weighted by atomic mass is 10.1. The smallest absolute Gasteiger partial charge is 0.240 e. The quantitative estimate of drug-likeness (QED) is 0.800. The van der Waals surface area contributed by atoms with Crippen LogP contribution in [0.4, 0.5) is 5.69 Å². The van der Waals surface area contributed by atoms with Crippen LogP contribution < -0.4 is 15.8 Å². The van der Waals surface area contributed by atoms with Gasteiger partial charge in [-0.25, -0.2) is 13.6 Å². The molecule has 0 atom stereocenters. The van der Waals surface area contributed by atoms with Gasteiger partial charge in [0.15, 0.2) is 0 Å². The molecule has 1 aliphatic heterocycles. The third kappa shape index (κ3) is 3.07. The van der Waals surface area contributed by atoms with E-state index in [1.807, 2.05) is 0 Å². The zero-order valence-electron chi connectivity index (χ0n) is 11.5. The highest BCUT2D eigenvalue weighted by Gasteiger charge is 2.13. The SMILES string of the molecule is NS(=O)(=O)c1ccccc1NCc1ccc2c(c1)CNC2. The number of nitrogens with two attached hydrogens (primary N) is 1. The first kappa shape index (κ1) is 14.1. The van der Waals surface area contributed by atoms with Crippen LogP contribution in [0.2, 0.25) is 0 Å². The molecule has 110 valence electrons. The van der Waals surface area contributed by atoms with Gasteiger partial charge in [0.1, 0.15) is 4.90 Å². The number of fused-ring (bicyclic) bond motifs is 1. The number of anilines is 1. The molecular formula is C15H17N3O2S. The maximum Gasteiger partial charge on any atom is 0.240 e. The Bertz CT molecular complexity index is 772. The van der Waals surface area contributed by atoms with Crippen LogP contribution in [0.3, 0.4) is 0 Å². The third-order valence-corrected chi connectivity index (χ3v) is 4.55. The van der Waals surface area contributed by atoms with Gasteiger partial charge in [0, 0.05) is 19.6 Å². The largest absolute Gasteiger partial charge is 0.380 e. The second kappa shape index (κ2) is 5.48. The highest BCUT2D eigenvalue weighted by molar-refractivity contribution is 7.89. The van der Waals surface area contributed by atoms with E-state index in [0.29, 0.717) is 12.2 Å². The average molecular weight is 303 g/mol. The van der Waals surface area contributed by atoms with Crippen LogP contribution >= 0.6 is 0 Å². The fraction of sp³-hybridized carbons (Fsp3) is 0.200. The fourth-order valence-corrected chi connectivity index (χ4v) is 3.23. The standard InChI is InChI=1S/C15H17N3O2S/c16-21(19,20)15-4-2-1-3-14(15)18-8-11-5-6-12-9-17-10-13(12)7-11/h1-7,17-18H,8-10H2,(H2,16,19,20). The van der Waals surface area contributed by atoms with Gasteiger partial charge in [-0.3, -0.25) is 0 Å². The molecule has 4 N–H and O–H groups in total. The fourth-order valence-electron chi connectivity index (χ4n) is 2.52. The minimum atomic E-state index is -3.72. The second-order valence-electron chi connectivity index (χ2n) is 5.10. The van der Waals surface area contributed by atoms with Gasteiger partial charge in [-0.15, -0.1) is 0 Å². The molecule has 0 fully saturated rings. The van der Waals surface area contributed by atoms with Crippen LogP contribution in [0.15, 0.2) is 47.4 Å². The normalized spacial score (nSPS) is 14.0. The van der Waals surface area contributed by atoms with Crippen molar-refractivity contribution in [1.29, 1.82) is 0 Å². The second-order valence-corrected chi connectivity index (χ2v) is 6.63. The van der Waals surface area contributed by atoms with E-state index >= 15 is 0 Å². The summed E-state index contributed by atoms with van der Waals surface area (Å²) < 4.78 is 23.1. The van der Waals surface area contributed by atoms with Gasteiger partial charge in [-0.2, -0.15) is 0 Å². The number of hydrogen-bond donors (Lipinski definition) is 3. The molecule has 5 nitrogen and oxygen atoms in total. The molecule has 0 unspecified atom stereocenters. The molecule has 0 aliphatic carbocycles. The minimum Gasteiger partial charge on any atom is -0.380 e. The van der Waals surface area contributed by atoms with E-state index in [9.17, 15) is 8.42 Å². The molecule has 1 heterocycles. The molecule has 0 saturated heterocycles. The van der Waals surface area contributed by atoms with Crippen LogP contribution in [0.25, 0.3) is 0 Å². The van der Waals surface area contributed by atoms with E-state index < -0.39 is 10.0 Å². The van der Waals surface area contributed by atoms with Gasteiger partial charge < -0.3 is 10.6 Å². The Hall–Kier alpha value is -1.89. The van der Waals surface area contributed by atoms with Crippen molar-refractivity contribution < 1.29 is 8.42 Å². The Morgan fingerprint density at radius 2 is 1.86 bits per heavy atom. The Labute approximate surface area is 124 Å². The average Bonchev–Trinajstić information content (AvgIpc) is 2.92. The zero-order chi connectivity index (χ0) is 14.9. The number of rotatable bonds is 4. The molecule has 2 aromatic carbocycles. The predicted molar refractivity (Wildman–Crippen MR) is 82.1 cm³/mol. The molecule has 21 heavy (non-hydrogen) atoms. The first-order valence-corrected chi connectivity index (χ1v) is 8.26. The molecule has 0 amide bonds. The van der Waals surface area contributed by atoms with Crippen molar-refractivity contribution in [3.63, 3.8) is 0 Å². The number of nitrogens with one attached hydrogen (secondary N) is 2. The zero-order valence-corrected chi connectivity index (χ0v) is 12.3. The van der Waals surface area contributed by atoms with E-state index in [4.69, 9.17) is 5.14 Å². The molecule has 2 aromatic rings. The van der Waals surface area contributed by atoms with Gasteiger partial charge in [0.05, 0.1) is 5.69 Å². The Balaban J connectivity index is 1.80. The molecule has 6 heteroatoms. The van der Waals surface area contributed by atoms with Crippen LogP contribution in [0.1, 0.15) is 16.7 Å². The van der Waals surface area contributed by atoms with E-state index in [0.717, 1.165) is 18.7 Å². The van der Waals surface area contributed by atoms with Gasteiger partial charge in [-0.1, -0.05) is 30.3 Å². The topological polar surface area (TPSA) is 84.2 Å². The summed E-state index contributed by atoms with van der Waals surface area (Å²) in [4.78, 5) is 0.118. The monoisotopic (exact) mass is 303 g/mol. The molecule has 0 spiro atoms. The maximum absolute atomic E-state index is 11.5. The first-order chi connectivity index (χ1) is 10.0. The first-order valence-electron chi connectivity index (χ1n) is 6.71. The summed E-state index contributed by atoms with van der Waals surface area (Å²) in [6.07, 6.45) is 0.